The van der Waals surface area contributed by atoms with Gasteiger partial charge in [0.2, 0.25) is 0 Å². The minimum Gasteiger partial charge on any atom is -0.431 e. The first-order valence-corrected chi connectivity index (χ1v) is 6.22. The molecule has 18 heavy (non-hydrogen) atoms. The molecule has 2 aromatic heterocycles. The molecule has 90 valence electrons. The zero-order valence-electron chi connectivity index (χ0n) is 9.54. The highest BCUT2D eigenvalue weighted by molar-refractivity contribution is 7.11. The van der Waals surface area contributed by atoms with E-state index in [1.54, 1.807) is 12.3 Å². The van der Waals surface area contributed by atoms with Crippen LogP contribution in [0.15, 0.2) is 45.1 Å². The van der Waals surface area contributed by atoms with E-state index in [1.165, 1.54) is 17.4 Å². The molecule has 5 heteroatoms. The summed E-state index contributed by atoms with van der Waals surface area (Å²) in [4.78, 5) is 15.3. The van der Waals surface area contributed by atoms with Crippen molar-refractivity contribution >= 4 is 22.3 Å². The number of ether oxygens (including phenoxy) is 1. The molecular weight excluding hydrogens is 250 g/mol. The van der Waals surface area contributed by atoms with Crippen molar-refractivity contribution in [1.29, 1.82) is 0 Å². The second-order valence-electron chi connectivity index (χ2n) is 3.81. The molecule has 3 aromatic rings. The maximum absolute atomic E-state index is 11.3. The highest BCUT2D eigenvalue weighted by Gasteiger charge is 2.05. The molecule has 0 unspecified atom stereocenters. The van der Waals surface area contributed by atoms with Crippen LogP contribution in [-0.4, -0.2) is 4.98 Å². The highest BCUT2D eigenvalue weighted by atomic mass is 32.1. The fourth-order valence-corrected chi connectivity index (χ4v) is 2.23. The summed E-state index contributed by atoms with van der Waals surface area (Å²) in [6.45, 7) is 1.88. The maximum atomic E-state index is 11.3. The summed E-state index contributed by atoms with van der Waals surface area (Å²) in [5.74, 6) is 0.603. The number of rotatable bonds is 2. The predicted octanol–water partition coefficient (Wildman–Crippen LogP) is 3.35. The Morgan fingerprint density at radius 2 is 2.22 bits per heavy atom. The molecule has 0 saturated heterocycles. The number of fused-ring (bicyclic) bond motifs is 1. The van der Waals surface area contributed by atoms with Crippen LogP contribution in [0.25, 0.3) is 11.0 Å². The van der Waals surface area contributed by atoms with Gasteiger partial charge in [0.25, 0.3) is 5.19 Å². The molecule has 0 aliphatic carbocycles. The van der Waals surface area contributed by atoms with Crippen molar-refractivity contribution in [1.82, 2.24) is 4.98 Å². The lowest BCUT2D eigenvalue weighted by Crippen LogP contribution is -1.97. The fraction of sp³-hybridized carbons (Fsp3) is 0.0769. The average molecular weight is 259 g/mol. The predicted molar refractivity (Wildman–Crippen MR) is 69.4 cm³/mol. The van der Waals surface area contributed by atoms with E-state index in [0.29, 0.717) is 16.5 Å². The van der Waals surface area contributed by atoms with Crippen LogP contribution in [0.5, 0.6) is 10.9 Å². The topological polar surface area (TPSA) is 52.3 Å². The van der Waals surface area contributed by atoms with E-state index in [1.807, 2.05) is 24.4 Å². The van der Waals surface area contributed by atoms with Crippen LogP contribution in [0.3, 0.4) is 0 Å². The molecule has 0 spiro atoms. The summed E-state index contributed by atoms with van der Waals surface area (Å²) >= 11 is 1.40. The average Bonchev–Trinajstić information content (AvgIpc) is 2.81. The minimum atomic E-state index is -0.355. The van der Waals surface area contributed by atoms with Crippen LogP contribution in [0.4, 0.5) is 0 Å². The normalized spacial score (nSPS) is 10.7. The minimum absolute atomic E-state index is 0.355. The first-order valence-electron chi connectivity index (χ1n) is 5.34. The van der Waals surface area contributed by atoms with E-state index < -0.39 is 0 Å². The van der Waals surface area contributed by atoms with Gasteiger partial charge < -0.3 is 9.15 Å². The smallest absolute Gasteiger partial charge is 0.336 e. The Balaban J connectivity index is 2.08. The van der Waals surface area contributed by atoms with Crippen molar-refractivity contribution in [3.8, 4) is 10.9 Å². The Kier molecular flexibility index (Phi) is 2.60. The SMILES string of the molecule is Cc1cc(=O)oc2cc(Oc3nccs3)ccc12. The maximum Gasteiger partial charge on any atom is 0.336 e. The van der Waals surface area contributed by atoms with E-state index in [9.17, 15) is 4.79 Å². The Morgan fingerprint density at radius 3 is 3.00 bits per heavy atom. The van der Waals surface area contributed by atoms with Crippen molar-refractivity contribution < 1.29 is 9.15 Å². The molecular formula is C13H9NO3S. The largest absolute Gasteiger partial charge is 0.431 e. The number of thiazole rings is 1. The van der Waals surface area contributed by atoms with E-state index in [0.717, 1.165) is 10.9 Å². The van der Waals surface area contributed by atoms with Crippen molar-refractivity contribution in [3.05, 3.63) is 51.8 Å². The lowest BCUT2D eigenvalue weighted by atomic mass is 10.1. The quantitative estimate of drug-likeness (QED) is 0.662. The van der Waals surface area contributed by atoms with Crippen LogP contribution >= 0.6 is 11.3 Å². The second kappa shape index (κ2) is 4.27. The van der Waals surface area contributed by atoms with Crippen molar-refractivity contribution in [2.24, 2.45) is 0 Å². The van der Waals surface area contributed by atoms with E-state index in [4.69, 9.17) is 9.15 Å². The first kappa shape index (κ1) is 11.0. The number of aryl methyl sites for hydroxylation is 1. The van der Waals surface area contributed by atoms with Gasteiger partial charge in [-0.05, 0) is 24.6 Å². The van der Waals surface area contributed by atoms with Crippen LogP contribution in [-0.2, 0) is 0 Å². The molecule has 0 amide bonds. The molecule has 3 rings (SSSR count). The molecule has 0 aliphatic rings. The van der Waals surface area contributed by atoms with Crippen molar-refractivity contribution in [2.75, 3.05) is 0 Å². The van der Waals surface area contributed by atoms with E-state index in [2.05, 4.69) is 4.98 Å². The molecule has 0 saturated carbocycles. The number of aromatic nitrogens is 1. The summed E-state index contributed by atoms with van der Waals surface area (Å²) in [5, 5.41) is 3.30. The monoisotopic (exact) mass is 259 g/mol. The van der Waals surface area contributed by atoms with Gasteiger partial charge in [-0.15, -0.1) is 0 Å². The molecule has 0 bridgehead atoms. The lowest BCUT2D eigenvalue weighted by molar-refractivity contribution is 0.476. The van der Waals surface area contributed by atoms with Crippen LogP contribution in [0.1, 0.15) is 5.56 Å². The second-order valence-corrected chi connectivity index (χ2v) is 4.66. The Morgan fingerprint density at radius 1 is 1.33 bits per heavy atom. The zero-order chi connectivity index (χ0) is 12.5. The standard InChI is InChI=1S/C13H9NO3S/c1-8-6-12(15)17-11-7-9(2-3-10(8)11)16-13-14-4-5-18-13/h2-7H,1H3. The summed E-state index contributed by atoms with van der Waals surface area (Å²) in [5.41, 5.74) is 1.06. The van der Waals surface area contributed by atoms with Gasteiger partial charge in [-0.2, -0.15) is 0 Å². The molecule has 1 aromatic carbocycles. The third-order valence-corrected chi connectivity index (χ3v) is 3.19. The van der Waals surface area contributed by atoms with Crippen LogP contribution < -0.4 is 10.4 Å². The van der Waals surface area contributed by atoms with Gasteiger partial charge in [0.15, 0.2) is 0 Å². The summed E-state index contributed by atoms with van der Waals surface area (Å²) in [6.07, 6.45) is 1.67. The molecule has 0 aliphatic heterocycles. The summed E-state index contributed by atoms with van der Waals surface area (Å²) < 4.78 is 10.7. The third-order valence-electron chi connectivity index (χ3n) is 2.54. The first-order chi connectivity index (χ1) is 8.72. The fourth-order valence-electron chi connectivity index (χ4n) is 1.73. The van der Waals surface area contributed by atoms with E-state index >= 15 is 0 Å². The number of hydrogen-bond acceptors (Lipinski definition) is 5. The van der Waals surface area contributed by atoms with Gasteiger partial charge in [-0.3, -0.25) is 0 Å². The third kappa shape index (κ3) is 2.00. The molecule has 0 N–H and O–H groups in total. The summed E-state index contributed by atoms with van der Waals surface area (Å²) in [6, 6.07) is 6.88. The summed E-state index contributed by atoms with van der Waals surface area (Å²) in [7, 11) is 0. The van der Waals surface area contributed by atoms with Gasteiger partial charge in [-0.25, -0.2) is 9.78 Å². The Labute approximate surface area is 106 Å². The van der Waals surface area contributed by atoms with Crippen LogP contribution in [0.2, 0.25) is 0 Å². The number of hydrogen-bond donors (Lipinski definition) is 0. The Hall–Kier alpha value is -2.14. The molecule has 0 atom stereocenters. The molecule has 0 fully saturated rings. The molecule has 0 radical (unpaired) electrons. The van der Waals surface area contributed by atoms with Gasteiger partial charge in [0.1, 0.15) is 11.3 Å². The van der Waals surface area contributed by atoms with Gasteiger partial charge in [0, 0.05) is 29.1 Å². The number of nitrogens with zero attached hydrogens (tertiary/aromatic N) is 1. The van der Waals surface area contributed by atoms with Crippen molar-refractivity contribution in [2.45, 2.75) is 6.92 Å². The van der Waals surface area contributed by atoms with Crippen molar-refractivity contribution in [3.63, 3.8) is 0 Å². The zero-order valence-corrected chi connectivity index (χ0v) is 10.4. The Bertz CT molecular complexity index is 747. The molecule has 4 nitrogen and oxygen atoms in total. The number of benzene rings is 1. The van der Waals surface area contributed by atoms with Gasteiger partial charge in [-0.1, -0.05) is 11.3 Å². The van der Waals surface area contributed by atoms with Crippen LogP contribution in [0, 0.1) is 6.92 Å². The van der Waals surface area contributed by atoms with Gasteiger partial charge in [0.05, 0.1) is 0 Å². The lowest BCUT2D eigenvalue weighted by Gasteiger charge is -2.04. The van der Waals surface area contributed by atoms with Gasteiger partial charge >= 0.3 is 5.63 Å². The van der Waals surface area contributed by atoms with E-state index in [-0.39, 0.29) is 5.63 Å². The molecule has 2 heterocycles. The highest BCUT2D eigenvalue weighted by Crippen LogP contribution is 2.27.